The van der Waals surface area contributed by atoms with E-state index in [1.165, 1.54) is 0 Å². The Kier molecular flexibility index (Phi) is 8.78. The topological polar surface area (TPSA) is 194 Å². The number of carbonyl (C=O) groups is 3. The Morgan fingerprint density at radius 2 is 1.54 bits per heavy atom. The molecule has 0 aliphatic carbocycles. The van der Waals surface area contributed by atoms with Gasteiger partial charge in [0.25, 0.3) is 0 Å². The van der Waals surface area contributed by atoms with Crippen molar-refractivity contribution in [2.24, 2.45) is 5.73 Å². The third-order valence-electron chi connectivity index (χ3n) is 5.33. The number of benzene rings is 1. The van der Waals surface area contributed by atoms with E-state index in [0.29, 0.717) is 5.56 Å². The second-order valence-electron chi connectivity index (χ2n) is 8.00. The summed E-state index contributed by atoms with van der Waals surface area (Å²) >= 11 is 0.832. The number of ether oxygens (including phenoxy) is 4. The van der Waals surface area contributed by atoms with Crippen molar-refractivity contribution in [3.05, 3.63) is 57.9 Å². The van der Waals surface area contributed by atoms with Gasteiger partial charge in [0.05, 0.1) is 34.2 Å². The number of hydrogen-bond donors (Lipinski definition) is 3. The van der Waals surface area contributed by atoms with Crippen LogP contribution in [0.1, 0.15) is 32.3 Å². The molecule has 2 aliphatic rings. The second-order valence-corrected chi connectivity index (χ2v) is 9.11. The van der Waals surface area contributed by atoms with Gasteiger partial charge in [0.1, 0.15) is 5.82 Å². The number of aliphatic hydroxyl groups is 1. The van der Waals surface area contributed by atoms with Gasteiger partial charge in [-0.05, 0) is 5.56 Å². The van der Waals surface area contributed by atoms with Crippen molar-refractivity contribution in [2.75, 3.05) is 0 Å². The normalized spacial score (nSPS) is 27.3. The highest BCUT2D eigenvalue weighted by molar-refractivity contribution is 8.03. The van der Waals surface area contributed by atoms with Crippen LogP contribution in [0, 0.1) is 22.7 Å². The number of rotatable bonds is 6. The number of nitrogens with one attached hydrogen (secondary N) is 1. The monoisotopic (exact) mass is 528 g/mol. The summed E-state index contributed by atoms with van der Waals surface area (Å²) in [4.78, 5) is 35.3. The zero-order valence-electron chi connectivity index (χ0n) is 20.0. The fraction of sp³-hybridized carbons (Fsp3) is 0.375. The van der Waals surface area contributed by atoms with Crippen LogP contribution in [0.2, 0.25) is 0 Å². The van der Waals surface area contributed by atoms with Gasteiger partial charge in [-0.25, -0.2) is 0 Å². The zero-order chi connectivity index (χ0) is 27.3. The van der Waals surface area contributed by atoms with Crippen LogP contribution in [0.25, 0.3) is 0 Å². The summed E-state index contributed by atoms with van der Waals surface area (Å²) in [6.45, 7) is 3.30. The van der Waals surface area contributed by atoms with E-state index >= 15 is 0 Å². The molecule has 1 aromatic rings. The van der Waals surface area contributed by atoms with Crippen molar-refractivity contribution in [2.45, 2.75) is 56.7 Å². The van der Waals surface area contributed by atoms with Gasteiger partial charge in [-0.3, -0.25) is 14.4 Å². The van der Waals surface area contributed by atoms with Gasteiger partial charge in [0.2, 0.25) is 6.29 Å². The van der Waals surface area contributed by atoms with Crippen molar-refractivity contribution < 1.29 is 38.4 Å². The van der Waals surface area contributed by atoms with Gasteiger partial charge < -0.3 is 35.1 Å². The molecule has 37 heavy (non-hydrogen) atoms. The molecule has 0 spiro atoms. The molecule has 1 saturated heterocycles. The number of dihydropyridines is 1. The molecule has 1 fully saturated rings. The van der Waals surface area contributed by atoms with Crippen LogP contribution in [0.3, 0.4) is 0 Å². The SMILES string of the molecule is CC(=O)O[C@H]1O[C@@H](SC2=C(C#N)C(c3ccccc3)C(C#N)=C(N)N2)[C@H](OC(C)=O)[C@@H](OC(C)=O)[C@@H]1O. The average Bonchev–Trinajstić information content (AvgIpc) is 2.83. The minimum atomic E-state index is -1.69. The molecule has 0 amide bonds. The number of nitrogens with zero attached hydrogens (tertiary/aromatic N) is 2. The molecule has 194 valence electrons. The van der Waals surface area contributed by atoms with Crippen LogP contribution in [0.4, 0.5) is 0 Å². The Labute approximate surface area is 216 Å². The van der Waals surface area contributed by atoms with Crippen LogP contribution in [-0.4, -0.2) is 53.1 Å². The van der Waals surface area contributed by atoms with Gasteiger partial charge in [0, 0.05) is 20.8 Å². The number of nitriles is 2. The Bertz CT molecular complexity index is 1220. The molecule has 0 bridgehead atoms. The number of allylic oxidation sites excluding steroid dienone is 2. The molecule has 6 atom stereocenters. The maximum atomic E-state index is 11.9. The first kappa shape index (κ1) is 27.5. The maximum Gasteiger partial charge on any atom is 0.305 e. The number of carbonyl (C=O) groups excluding carboxylic acids is 3. The van der Waals surface area contributed by atoms with E-state index in [1.54, 1.807) is 30.3 Å². The van der Waals surface area contributed by atoms with E-state index in [2.05, 4.69) is 11.4 Å². The molecule has 2 heterocycles. The fourth-order valence-electron chi connectivity index (χ4n) is 3.91. The summed E-state index contributed by atoms with van der Waals surface area (Å²) in [6, 6.07) is 12.9. The molecule has 12 nitrogen and oxygen atoms in total. The summed E-state index contributed by atoms with van der Waals surface area (Å²) in [7, 11) is 0. The Balaban J connectivity index is 2.08. The Hall–Kier alpha value is -4.04. The lowest BCUT2D eigenvalue weighted by atomic mass is 9.84. The molecule has 0 radical (unpaired) electrons. The number of thioether (sulfide) groups is 1. The molecule has 1 unspecified atom stereocenters. The van der Waals surface area contributed by atoms with Crippen molar-refractivity contribution >= 4 is 29.7 Å². The highest BCUT2D eigenvalue weighted by atomic mass is 32.2. The molecule has 1 aromatic carbocycles. The van der Waals surface area contributed by atoms with E-state index in [9.17, 15) is 30.0 Å². The van der Waals surface area contributed by atoms with Gasteiger partial charge in [0.15, 0.2) is 23.7 Å². The number of aliphatic hydroxyl groups excluding tert-OH is 1. The van der Waals surface area contributed by atoms with E-state index in [0.717, 1.165) is 32.5 Å². The van der Waals surface area contributed by atoms with Gasteiger partial charge >= 0.3 is 17.9 Å². The molecule has 3 rings (SSSR count). The first-order chi connectivity index (χ1) is 17.6. The Morgan fingerprint density at radius 3 is 2.08 bits per heavy atom. The highest BCUT2D eigenvalue weighted by Crippen LogP contribution is 2.43. The maximum absolute atomic E-state index is 11.9. The number of esters is 3. The summed E-state index contributed by atoms with van der Waals surface area (Å²) in [5.74, 6) is -3.17. The molecule has 2 aliphatic heterocycles. The first-order valence-electron chi connectivity index (χ1n) is 10.9. The zero-order valence-corrected chi connectivity index (χ0v) is 20.9. The number of hydrogen-bond acceptors (Lipinski definition) is 13. The summed E-state index contributed by atoms with van der Waals surface area (Å²) in [5.41, 5.74) is 5.76. The largest absolute Gasteiger partial charge is 0.455 e. The quantitative estimate of drug-likeness (QED) is 0.350. The highest BCUT2D eigenvalue weighted by Gasteiger charge is 2.52. The predicted molar refractivity (Wildman–Crippen MR) is 127 cm³/mol. The third-order valence-corrected chi connectivity index (χ3v) is 6.50. The van der Waals surface area contributed by atoms with Crippen LogP contribution < -0.4 is 11.1 Å². The van der Waals surface area contributed by atoms with Crippen molar-refractivity contribution in [3.8, 4) is 12.1 Å². The van der Waals surface area contributed by atoms with E-state index in [4.69, 9.17) is 24.7 Å². The van der Waals surface area contributed by atoms with Crippen LogP contribution in [-0.2, 0) is 33.3 Å². The molecule has 4 N–H and O–H groups in total. The summed E-state index contributed by atoms with van der Waals surface area (Å²) < 4.78 is 21.4. The molecular weight excluding hydrogens is 504 g/mol. The molecule has 13 heteroatoms. The second kappa shape index (κ2) is 11.8. The smallest absolute Gasteiger partial charge is 0.305 e. The standard InChI is InChI=1S/C24H24N4O8S/c1-11(29)33-19-18(32)23(35-13(3)31)36-24(20(19)34-12(2)30)37-22-16(10-26)17(14-7-5-4-6-8-14)15(9-25)21(27)28-22/h4-8,17-20,23-24,28,32H,27H2,1-3H3/t17?,18-,19-,20+,23-,24-/m0/s1. The lowest BCUT2D eigenvalue weighted by Gasteiger charge is -2.42. The van der Waals surface area contributed by atoms with Crippen molar-refractivity contribution in [3.63, 3.8) is 0 Å². The van der Waals surface area contributed by atoms with Crippen molar-refractivity contribution in [1.29, 1.82) is 10.5 Å². The lowest BCUT2D eigenvalue weighted by Crippen LogP contribution is -2.60. The van der Waals surface area contributed by atoms with Crippen molar-refractivity contribution in [1.82, 2.24) is 5.32 Å². The summed E-state index contributed by atoms with van der Waals surface area (Å²) in [6.07, 6.45) is -6.13. The fourth-order valence-corrected chi connectivity index (χ4v) is 5.11. The third kappa shape index (κ3) is 6.21. The summed E-state index contributed by atoms with van der Waals surface area (Å²) in [5, 5.41) is 33.5. The van der Waals surface area contributed by atoms with Crippen LogP contribution in [0.15, 0.2) is 52.3 Å². The molecule has 0 saturated carbocycles. The minimum Gasteiger partial charge on any atom is -0.455 e. The van der Waals surface area contributed by atoms with E-state index in [-0.39, 0.29) is 22.0 Å². The van der Waals surface area contributed by atoms with E-state index < -0.39 is 53.9 Å². The molecule has 0 aromatic heterocycles. The molecular formula is C24H24N4O8S. The van der Waals surface area contributed by atoms with Crippen LogP contribution >= 0.6 is 11.8 Å². The van der Waals surface area contributed by atoms with Gasteiger partial charge in [-0.1, -0.05) is 42.1 Å². The van der Waals surface area contributed by atoms with Gasteiger partial charge in [-0.2, -0.15) is 10.5 Å². The Morgan fingerprint density at radius 1 is 0.973 bits per heavy atom. The minimum absolute atomic E-state index is 0.00851. The predicted octanol–water partition coefficient (Wildman–Crippen LogP) is 1.01. The average molecular weight is 529 g/mol. The lowest BCUT2D eigenvalue weighted by molar-refractivity contribution is -0.276. The van der Waals surface area contributed by atoms with E-state index in [1.807, 2.05) is 6.07 Å². The van der Waals surface area contributed by atoms with Gasteiger partial charge in [-0.15, -0.1) is 0 Å². The first-order valence-corrected chi connectivity index (χ1v) is 11.8. The number of nitrogens with two attached hydrogens (primary N) is 1. The van der Waals surface area contributed by atoms with Crippen LogP contribution in [0.5, 0.6) is 0 Å².